The predicted octanol–water partition coefficient (Wildman–Crippen LogP) is 1.60. The molecule has 1 saturated heterocycles. The summed E-state index contributed by atoms with van der Waals surface area (Å²) in [5, 5.41) is 0. The molecule has 0 amide bonds. The van der Waals surface area contributed by atoms with E-state index in [4.69, 9.17) is 5.73 Å². The molecule has 1 aliphatic carbocycles. The first-order valence-corrected chi connectivity index (χ1v) is 7.11. The monoisotopic (exact) mass is 246 g/mol. The normalized spacial score (nSPS) is 27.3. The van der Waals surface area contributed by atoms with Crippen molar-refractivity contribution < 1.29 is 0 Å². The Morgan fingerprint density at radius 2 is 1.83 bits per heavy atom. The first-order valence-electron chi connectivity index (χ1n) is 7.11. The van der Waals surface area contributed by atoms with E-state index in [1.807, 2.05) is 12.4 Å². The minimum atomic E-state index is 0.663. The van der Waals surface area contributed by atoms with Gasteiger partial charge < -0.3 is 10.6 Å². The number of rotatable bonds is 3. The second-order valence-corrected chi connectivity index (χ2v) is 5.73. The van der Waals surface area contributed by atoms with Crippen LogP contribution in [-0.4, -0.2) is 29.6 Å². The standard InChI is InChI=1S/C14H22N4/c15-5-4-13-7-16-14(17-8-13)18-9-11-2-1-3-12(6-11)10-18/h7-8,11-12H,1-6,9-10,15H2. The Balaban J connectivity index is 1.70. The van der Waals surface area contributed by atoms with Crippen LogP contribution in [0.2, 0.25) is 0 Å². The maximum atomic E-state index is 5.54. The van der Waals surface area contributed by atoms with Crippen LogP contribution in [0.1, 0.15) is 31.2 Å². The molecule has 2 fully saturated rings. The molecule has 0 spiro atoms. The lowest BCUT2D eigenvalue weighted by Crippen LogP contribution is -2.43. The van der Waals surface area contributed by atoms with Gasteiger partial charge in [0.05, 0.1) is 0 Å². The molecule has 1 saturated carbocycles. The van der Waals surface area contributed by atoms with Gasteiger partial charge >= 0.3 is 0 Å². The number of anilines is 1. The number of nitrogens with zero attached hydrogens (tertiary/aromatic N) is 3. The zero-order chi connectivity index (χ0) is 12.4. The molecule has 2 atom stereocenters. The summed E-state index contributed by atoms with van der Waals surface area (Å²) >= 11 is 0. The van der Waals surface area contributed by atoms with Crippen LogP contribution in [0.5, 0.6) is 0 Å². The van der Waals surface area contributed by atoms with E-state index in [9.17, 15) is 0 Å². The third-order valence-corrected chi connectivity index (χ3v) is 4.26. The highest BCUT2D eigenvalue weighted by molar-refractivity contribution is 5.31. The summed E-state index contributed by atoms with van der Waals surface area (Å²) in [6, 6.07) is 0. The van der Waals surface area contributed by atoms with Crippen LogP contribution < -0.4 is 10.6 Å². The van der Waals surface area contributed by atoms with Crippen LogP contribution in [-0.2, 0) is 6.42 Å². The molecule has 4 heteroatoms. The van der Waals surface area contributed by atoms with Gasteiger partial charge in [-0.25, -0.2) is 9.97 Å². The molecule has 2 aliphatic rings. The first-order chi connectivity index (χ1) is 8.85. The van der Waals surface area contributed by atoms with Crippen molar-refractivity contribution in [2.75, 3.05) is 24.5 Å². The summed E-state index contributed by atoms with van der Waals surface area (Å²) in [6.45, 7) is 2.95. The van der Waals surface area contributed by atoms with Gasteiger partial charge in [-0.1, -0.05) is 6.42 Å². The molecule has 3 rings (SSSR count). The van der Waals surface area contributed by atoms with E-state index in [2.05, 4.69) is 14.9 Å². The van der Waals surface area contributed by atoms with Crippen LogP contribution in [0.25, 0.3) is 0 Å². The van der Waals surface area contributed by atoms with Crippen molar-refractivity contribution in [3.05, 3.63) is 18.0 Å². The van der Waals surface area contributed by atoms with Gasteiger partial charge in [0, 0.05) is 25.5 Å². The van der Waals surface area contributed by atoms with Gasteiger partial charge in [-0.15, -0.1) is 0 Å². The van der Waals surface area contributed by atoms with Gasteiger partial charge in [0.1, 0.15) is 0 Å². The van der Waals surface area contributed by atoms with Gasteiger partial charge in [0.2, 0.25) is 5.95 Å². The Morgan fingerprint density at radius 1 is 1.17 bits per heavy atom. The average molecular weight is 246 g/mol. The molecule has 1 aromatic heterocycles. The van der Waals surface area contributed by atoms with Gasteiger partial charge in [0.15, 0.2) is 0 Å². The molecule has 4 nitrogen and oxygen atoms in total. The van der Waals surface area contributed by atoms with Gasteiger partial charge in [-0.3, -0.25) is 0 Å². The topological polar surface area (TPSA) is 55.0 Å². The van der Waals surface area contributed by atoms with Crippen molar-refractivity contribution in [1.82, 2.24) is 9.97 Å². The highest BCUT2D eigenvalue weighted by Crippen LogP contribution is 2.35. The van der Waals surface area contributed by atoms with E-state index >= 15 is 0 Å². The minimum Gasteiger partial charge on any atom is -0.340 e. The maximum absolute atomic E-state index is 5.54. The Kier molecular flexibility index (Phi) is 3.46. The molecule has 0 radical (unpaired) electrons. The molecular weight excluding hydrogens is 224 g/mol. The van der Waals surface area contributed by atoms with E-state index in [1.165, 1.54) is 25.7 Å². The smallest absolute Gasteiger partial charge is 0.225 e. The Morgan fingerprint density at radius 3 is 2.44 bits per heavy atom. The third-order valence-electron chi connectivity index (χ3n) is 4.26. The molecule has 1 aliphatic heterocycles. The Labute approximate surface area is 109 Å². The SMILES string of the molecule is NCCc1cnc(N2CC3CCCC(C3)C2)nc1. The molecule has 1 aromatic rings. The summed E-state index contributed by atoms with van der Waals surface area (Å²) in [4.78, 5) is 11.4. The summed E-state index contributed by atoms with van der Waals surface area (Å²) in [5.74, 6) is 2.64. The van der Waals surface area contributed by atoms with Crippen molar-refractivity contribution in [2.24, 2.45) is 17.6 Å². The van der Waals surface area contributed by atoms with Crippen LogP contribution in [0.4, 0.5) is 5.95 Å². The quantitative estimate of drug-likeness (QED) is 0.880. The van der Waals surface area contributed by atoms with Crippen molar-refractivity contribution in [3.8, 4) is 0 Å². The zero-order valence-corrected chi connectivity index (χ0v) is 10.9. The van der Waals surface area contributed by atoms with Gasteiger partial charge in [-0.05, 0) is 49.6 Å². The lowest BCUT2D eigenvalue weighted by molar-refractivity contribution is 0.230. The lowest BCUT2D eigenvalue weighted by Gasteiger charge is -2.41. The van der Waals surface area contributed by atoms with E-state index in [0.29, 0.717) is 6.54 Å². The number of fused-ring (bicyclic) bond motifs is 2. The Hall–Kier alpha value is -1.16. The lowest BCUT2D eigenvalue weighted by atomic mass is 9.78. The van der Waals surface area contributed by atoms with Gasteiger partial charge in [0.25, 0.3) is 0 Å². The van der Waals surface area contributed by atoms with Crippen LogP contribution >= 0.6 is 0 Å². The largest absolute Gasteiger partial charge is 0.340 e. The third kappa shape index (κ3) is 2.48. The van der Waals surface area contributed by atoms with E-state index in [1.54, 1.807) is 0 Å². The van der Waals surface area contributed by atoms with E-state index in [-0.39, 0.29) is 0 Å². The summed E-state index contributed by atoms with van der Waals surface area (Å²) < 4.78 is 0. The van der Waals surface area contributed by atoms with Gasteiger partial charge in [-0.2, -0.15) is 0 Å². The molecule has 98 valence electrons. The first kappa shape index (κ1) is 11.9. The minimum absolute atomic E-state index is 0.663. The molecule has 2 bridgehead atoms. The number of hydrogen-bond acceptors (Lipinski definition) is 4. The van der Waals surface area contributed by atoms with Crippen LogP contribution in [0.3, 0.4) is 0 Å². The van der Waals surface area contributed by atoms with Crippen LogP contribution in [0.15, 0.2) is 12.4 Å². The molecule has 0 aromatic carbocycles. The summed E-state index contributed by atoms with van der Waals surface area (Å²) in [5.41, 5.74) is 6.67. The maximum Gasteiger partial charge on any atom is 0.225 e. The molecule has 2 heterocycles. The van der Waals surface area contributed by atoms with Crippen LogP contribution in [0, 0.1) is 11.8 Å². The highest BCUT2D eigenvalue weighted by atomic mass is 15.3. The second-order valence-electron chi connectivity index (χ2n) is 5.73. The van der Waals surface area contributed by atoms with Crippen molar-refractivity contribution >= 4 is 5.95 Å². The predicted molar refractivity (Wildman–Crippen MR) is 72.5 cm³/mol. The summed E-state index contributed by atoms with van der Waals surface area (Å²) in [6.07, 6.45) is 10.3. The molecular formula is C14H22N4. The number of piperidine rings is 1. The number of hydrogen-bond donors (Lipinski definition) is 1. The fraction of sp³-hybridized carbons (Fsp3) is 0.714. The molecule has 2 unspecified atom stereocenters. The highest BCUT2D eigenvalue weighted by Gasteiger charge is 2.31. The van der Waals surface area contributed by atoms with Crippen molar-refractivity contribution in [1.29, 1.82) is 0 Å². The average Bonchev–Trinajstić information content (AvgIpc) is 2.39. The fourth-order valence-corrected chi connectivity index (χ4v) is 3.40. The van der Waals surface area contributed by atoms with E-state index < -0.39 is 0 Å². The summed E-state index contributed by atoms with van der Waals surface area (Å²) in [7, 11) is 0. The van der Waals surface area contributed by atoms with E-state index in [0.717, 1.165) is 42.9 Å². The molecule has 2 N–H and O–H groups in total. The molecule has 18 heavy (non-hydrogen) atoms. The second kappa shape index (κ2) is 5.22. The number of aromatic nitrogens is 2. The van der Waals surface area contributed by atoms with Crippen molar-refractivity contribution in [3.63, 3.8) is 0 Å². The fourth-order valence-electron chi connectivity index (χ4n) is 3.40. The zero-order valence-electron chi connectivity index (χ0n) is 10.9. The van der Waals surface area contributed by atoms with Crippen molar-refractivity contribution in [2.45, 2.75) is 32.1 Å². The Bertz CT molecular complexity index is 377. The number of nitrogens with two attached hydrogens (primary N) is 1.